The highest BCUT2D eigenvalue weighted by atomic mass is 16.3. The number of carbonyl (C=O) groups is 4. The van der Waals surface area contributed by atoms with Crippen molar-refractivity contribution in [1.29, 1.82) is 0 Å². The zero-order valence-electron chi connectivity index (χ0n) is 37.3. The summed E-state index contributed by atoms with van der Waals surface area (Å²) >= 11 is 0. The van der Waals surface area contributed by atoms with Gasteiger partial charge in [0.1, 0.15) is 11.5 Å². The molecule has 6 aromatic carbocycles. The van der Waals surface area contributed by atoms with E-state index in [0.717, 1.165) is 12.4 Å². The SMILES string of the molecule is Cc1c(-c2c(C)c(C(C)C)c3cc(O)c(O)c(/C=N/NC(=O)CCNC(=O)c4ccccc4)c3c2O)c(O)c2c(/C=N/NC(=O)CCNC(=O)c3ccccc3)c(O)c(O)cc2c1C(C)C. The van der Waals surface area contributed by atoms with Crippen LogP contribution in [-0.4, -0.2) is 79.8 Å². The molecule has 0 aliphatic rings. The quantitative estimate of drug-likeness (QED) is 0.0279. The van der Waals surface area contributed by atoms with Crippen molar-refractivity contribution in [3.63, 3.8) is 0 Å². The highest BCUT2D eigenvalue weighted by Gasteiger charge is 2.30. The van der Waals surface area contributed by atoms with Gasteiger partial charge in [-0.2, -0.15) is 10.2 Å². The lowest BCUT2D eigenvalue weighted by atomic mass is 9.79. The van der Waals surface area contributed by atoms with E-state index < -0.39 is 46.3 Å². The monoisotopic (exact) mass is 896 g/mol. The standard InChI is InChI=1S/C50H52N6O10/c1-25(2)39-27(5)41(47(63)43-31(39)21-35(57)45(61)33(43)23-53-55-37(59)17-19-51-49(65)29-13-9-7-10-14-29)42-28(6)40(26(3)4)32-22-36(58)46(62)34(44(32)48(42)64)24-54-56-38(60)18-20-52-50(66)30-15-11-8-12-16-30/h7-16,21-26,57-58,61-64H,17-20H2,1-6H3,(H,51,65)(H,52,66)(H,55,59)(H,56,60)/b53-23+,54-24+. The van der Waals surface area contributed by atoms with E-state index in [1.54, 1.807) is 74.5 Å². The highest BCUT2D eigenvalue weighted by molar-refractivity contribution is 6.15. The summed E-state index contributed by atoms with van der Waals surface area (Å²) in [7, 11) is 0. The van der Waals surface area contributed by atoms with Gasteiger partial charge in [-0.15, -0.1) is 0 Å². The first-order valence-corrected chi connectivity index (χ1v) is 21.2. The number of benzene rings is 6. The number of carbonyl (C=O) groups excluding carboxylic acids is 4. The first-order valence-electron chi connectivity index (χ1n) is 21.2. The van der Waals surface area contributed by atoms with Crippen molar-refractivity contribution in [3.05, 3.63) is 117 Å². The molecular weight excluding hydrogens is 845 g/mol. The van der Waals surface area contributed by atoms with Crippen LogP contribution in [0.1, 0.15) is 106 Å². The van der Waals surface area contributed by atoms with Crippen molar-refractivity contribution >= 4 is 57.6 Å². The van der Waals surface area contributed by atoms with Gasteiger partial charge in [0.05, 0.1) is 23.6 Å². The zero-order chi connectivity index (χ0) is 48.0. The lowest BCUT2D eigenvalue weighted by Gasteiger charge is -2.26. The number of nitrogens with zero attached hydrogens (tertiary/aromatic N) is 2. The molecule has 4 amide bonds. The first-order chi connectivity index (χ1) is 31.4. The Hall–Kier alpha value is -8.14. The van der Waals surface area contributed by atoms with E-state index in [1.165, 1.54) is 12.1 Å². The molecular formula is C50H52N6O10. The third kappa shape index (κ3) is 9.67. The number of nitrogens with one attached hydrogen (secondary N) is 4. The van der Waals surface area contributed by atoms with Crippen LogP contribution in [0.15, 0.2) is 83.0 Å². The Bertz CT molecular complexity index is 2730. The topological polar surface area (TPSA) is 262 Å². The maximum Gasteiger partial charge on any atom is 0.251 e. The number of fused-ring (bicyclic) bond motifs is 2. The van der Waals surface area contributed by atoms with E-state index in [9.17, 15) is 49.8 Å². The average Bonchev–Trinajstić information content (AvgIpc) is 3.27. The van der Waals surface area contributed by atoms with E-state index in [0.29, 0.717) is 44.2 Å². The molecule has 342 valence electrons. The molecule has 16 nitrogen and oxygen atoms in total. The summed E-state index contributed by atoms with van der Waals surface area (Å²) in [6.07, 6.45) is 1.87. The number of hydrogen-bond donors (Lipinski definition) is 10. The van der Waals surface area contributed by atoms with Gasteiger partial charge in [0.15, 0.2) is 23.0 Å². The van der Waals surface area contributed by atoms with Gasteiger partial charge < -0.3 is 41.3 Å². The van der Waals surface area contributed by atoms with Gasteiger partial charge in [-0.1, -0.05) is 64.1 Å². The number of hydrogen-bond acceptors (Lipinski definition) is 12. The summed E-state index contributed by atoms with van der Waals surface area (Å²) in [5, 5.41) is 83.6. The second-order valence-corrected chi connectivity index (χ2v) is 16.3. The van der Waals surface area contributed by atoms with E-state index in [2.05, 4.69) is 31.7 Å². The number of phenols is 6. The van der Waals surface area contributed by atoms with Crippen LogP contribution >= 0.6 is 0 Å². The molecule has 0 aromatic heterocycles. The van der Waals surface area contributed by atoms with Crippen LogP contribution in [0.25, 0.3) is 32.7 Å². The molecule has 16 heteroatoms. The Morgan fingerprint density at radius 3 is 1.23 bits per heavy atom. The van der Waals surface area contributed by atoms with Crippen molar-refractivity contribution in [2.45, 2.75) is 66.2 Å². The zero-order valence-corrected chi connectivity index (χ0v) is 37.3. The van der Waals surface area contributed by atoms with Crippen LogP contribution in [0.2, 0.25) is 0 Å². The lowest BCUT2D eigenvalue weighted by molar-refractivity contribution is -0.121. The third-order valence-corrected chi connectivity index (χ3v) is 11.2. The summed E-state index contributed by atoms with van der Waals surface area (Å²) in [6.45, 7) is 11.1. The van der Waals surface area contributed by atoms with Crippen molar-refractivity contribution in [3.8, 4) is 45.6 Å². The Kier molecular flexibility index (Phi) is 14.4. The van der Waals surface area contributed by atoms with Crippen LogP contribution in [0, 0.1) is 13.8 Å². The fraction of sp³-hybridized carbons (Fsp3) is 0.240. The molecule has 0 atom stereocenters. The molecule has 0 spiro atoms. The molecule has 0 heterocycles. The predicted octanol–water partition coefficient (Wildman–Crippen LogP) is 7.30. The van der Waals surface area contributed by atoms with Gasteiger partial charge in [-0.05, 0) is 95.1 Å². The Morgan fingerprint density at radius 2 is 0.894 bits per heavy atom. The third-order valence-electron chi connectivity index (χ3n) is 11.2. The summed E-state index contributed by atoms with van der Waals surface area (Å²) in [5.41, 5.74) is 7.81. The van der Waals surface area contributed by atoms with E-state index in [4.69, 9.17) is 0 Å². The van der Waals surface area contributed by atoms with Gasteiger partial charge in [0.2, 0.25) is 11.8 Å². The molecule has 0 saturated carbocycles. The molecule has 0 bridgehead atoms. The van der Waals surface area contributed by atoms with Crippen molar-refractivity contribution in [2.24, 2.45) is 10.2 Å². The van der Waals surface area contributed by atoms with Gasteiger partial charge >= 0.3 is 0 Å². The second kappa shape index (κ2) is 20.1. The fourth-order valence-corrected chi connectivity index (χ4v) is 8.33. The molecule has 66 heavy (non-hydrogen) atoms. The van der Waals surface area contributed by atoms with Crippen molar-refractivity contribution < 1.29 is 49.8 Å². The van der Waals surface area contributed by atoms with Gasteiger partial charge in [-0.3, -0.25) is 19.2 Å². The highest BCUT2D eigenvalue weighted by Crippen LogP contribution is 2.54. The molecule has 0 unspecified atom stereocenters. The molecule has 0 aliphatic carbocycles. The lowest BCUT2D eigenvalue weighted by Crippen LogP contribution is -2.29. The van der Waals surface area contributed by atoms with E-state index >= 15 is 0 Å². The molecule has 10 N–H and O–H groups in total. The molecule has 0 aliphatic heterocycles. The molecule has 0 saturated heterocycles. The maximum absolute atomic E-state index is 12.8. The molecule has 6 aromatic rings. The van der Waals surface area contributed by atoms with Crippen LogP contribution in [0.3, 0.4) is 0 Å². The summed E-state index contributed by atoms with van der Waals surface area (Å²) in [5.74, 6) is -5.61. The largest absolute Gasteiger partial charge is 0.507 e. The minimum absolute atomic E-state index is 0.000412. The molecule has 0 radical (unpaired) electrons. The Morgan fingerprint density at radius 1 is 0.545 bits per heavy atom. The Balaban J connectivity index is 1.41. The maximum atomic E-state index is 12.8. The van der Waals surface area contributed by atoms with Crippen molar-refractivity contribution in [2.75, 3.05) is 13.1 Å². The van der Waals surface area contributed by atoms with Crippen LogP contribution in [0.5, 0.6) is 34.5 Å². The summed E-state index contributed by atoms with van der Waals surface area (Å²) in [6, 6.07) is 19.6. The summed E-state index contributed by atoms with van der Waals surface area (Å²) < 4.78 is 0. The van der Waals surface area contributed by atoms with Crippen LogP contribution in [0.4, 0.5) is 0 Å². The number of aromatic hydroxyl groups is 6. The van der Waals surface area contributed by atoms with Gasteiger partial charge in [0.25, 0.3) is 11.8 Å². The normalized spacial score (nSPS) is 11.6. The number of amides is 4. The summed E-state index contributed by atoms with van der Waals surface area (Å²) in [4.78, 5) is 50.4. The molecule has 0 fully saturated rings. The molecule has 6 rings (SSSR count). The van der Waals surface area contributed by atoms with Crippen LogP contribution < -0.4 is 21.5 Å². The second-order valence-electron chi connectivity index (χ2n) is 16.3. The predicted molar refractivity (Wildman–Crippen MR) is 253 cm³/mol. The van der Waals surface area contributed by atoms with Gasteiger partial charge in [-0.25, -0.2) is 10.9 Å². The van der Waals surface area contributed by atoms with E-state index in [-0.39, 0.29) is 82.6 Å². The van der Waals surface area contributed by atoms with Crippen molar-refractivity contribution in [1.82, 2.24) is 21.5 Å². The minimum atomic E-state index is -0.655. The minimum Gasteiger partial charge on any atom is -0.507 e. The van der Waals surface area contributed by atoms with Crippen LogP contribution in [-0.2, 0) is 9.59 Å². The number of rotatable bonds is 15. The Labute approximate surface area is 380 Å². The average molecular weight is 897 g/mol. The first kappa shape index (κ1) is 47.3. The van der Waals surface area contributed by atoms with Gasteiger partial charge in [0, 0.05) is 59.0 Å². The number of hydrazone groups is 2. The van der Waals surface area contributed by atoms with E-state index in [1.807, 2.05) is 27.7 Å². The number of phenolic OH excluding ortho intramolecular Hbond substituents is 6. The smallest absolute Gasteiger partial charge is 0.251 e. The fourth-order valence-electron chi connectivity index (χ4n) is 8.33.